The third kappa shape index (κ3) is 2.00. The van der Waals surface area contributed by atoms with Crippen LogP contribution >= 0.6 is 0 Å². The molecule has 1 N–H and O–H groups in total. The van der Waals surface area contributed by atoms with Gasteiger partial charge in [0.25, 0.3) is 0 Å². The highest BCUT2D eigenvalue weighted by molar-refractivity contribution is 5.05. The van der Waals surface area contributed by atoms with Gasteiger partial charge in [0.15, 0.2) is 0 Å². The van der Waals surface area contributed by atoms with Gasteiger partial charge in [0.1, 0.15) is 0 Å². The molecule has 0 aromatic carbocycles. The van der Waals surface area contributed by atoms with E-state index in [0.717, 1.165) is 24.3 Å². The molecule has 0 spiro atoms. The van der Waals surface area contributed by atoms with Gasteiger partial charge in [-0.1, -0.05) is 5.21 Å². The molecule has 4 saturated carbocycles. The fourth-order valence-electron chi connectivity index (χ4n) is 5.65. The first-order chi connectivity index (χ1) is 9.64. The van der Waals surface area contributed by atoms with E-state index in [4.69, 9.17) is 0 Å². The lowest BCUT2D eigenvalue weighted by molar-refractivity contribution is -0.0707. The van der Waals surface area contributed by atoms with Gasteiger partial charge in [-0.15, -0.1) is 5.10 Å². The molecule has 20 heavy (non-hydrogen) atoms. The Morgan fingerprint density at radius 1 is 1.25 bits per heavy atom. The molecule has 1 aromatic rings. The number of aromatic nitrogens is 3. The van der Waals surface area contributed by atoms with Crippen LogP contribution in [-0.2, 0) is 13.6 Å². The number of nitrogens with zero attached hydrogens (tertiary/aromatic N) is 3. The van der Waals surface area contributed by atoms with Crippen LogP contribution in [0.4, 0.5) is 0 Å². The summed E-state index contributed by atoms with van der Waals surface area (Å²) in [4.78, 5) is 0. The minimum Gasteiger partial charge on any atom is -0.308 e. The van der Waals surface area contributed by atoms with E-state index in [2.05, 4.69) is 22.6 Å². The Balaban J connectivity index is 1.45. The first kappa shape index (κ1) is 12.8. The SMILES string of the molecule is CC(NCc1cnnn1C)C12CC3CC(CC(C3)C1)C2. The van der Waals surface area contributed by atoms with E-state index in [1.807, 2.05) is 17.9 Å². The van der Waals surface area contributed by atoms with E-state index in [9.17, 15) is 0 Å². The summed E-state index contributed by atoms with van der Waals surface area (Å²) in [6.07, 6.45) is 10.9. The largest absolute Gasteiger partial charge is 0.308 e. The van der Waals surface area contributed by atoms with Crippen molar-refractivity contribution in [1.82, 2.24) is 20.3 Å². The predicted molar refractivity (Wildman–Crippen MR) is 77.9 cm³/mol. The Morgan fingerprint density at radius 3 is 2.35 bits per heavy atom. The molecule has 0 radical (unpaired) electrons. The summed E-state index contributed by atoms with van der Waals surface area (Å²) in [5.74, 6) is 3.09. The zero-order chi connectivity index (χ0) is 13.7. The van der Waals surface area contributed by atoms with Crippen molar-refractivity contribution >= 4 is 0 Å². The molecule has 4 heteroatoms. The van der Waals surface area contributed by atoms with Gasteiger partial charge in [0.2, 0.25) is 0 Å². The first-order valence-electron chi connectivity index (χ1n) is 8.21. The molecular formula is C16H26N4. The van der Waals surface area contributed by atoms with Crippen molar-refractivity contribution in [3.63, 3.8) is 0 Å². The number of rotatable bonds is 4. The Kier molecular flexibility index (Phi) is 2.92. The standard InChI is InChI=1S/C16H26N4/c1-11(17-9-15-10-18-19-20(15)2)16-6-12-3-13(7-16)5-14(4-12)8-16/h10-14,17H,3-9H2,1-2H3. The van der Waals surface area contributed by atoms with Crippen molar-refractivity contribution in [3.8, 4) is 0 Å². The molecular weight excluding hydrogens is 248 g/mol. The highest BCUT2D eigenvalue weighted by Gasteiger charge is 2.52. The zero-order valence-corrected chi connectivity index (χ0v) is 12.7. The number of nitrogens with one attached hydrogen (secondary N) is 1. The second-order valence-electron chi connectivity index (χ2n) is 7.73. The second kappa shape index (κ2) is 4.55. The molecule has 110 valence electrons. The normalized spacial score (nSPS) is 40.2. The van der Waals surface area contributed by atoms with Gasteiger partial charge >= 0.3 is 0 Å². The van der Waals surface area contributed by atoms with E-state index >= 15 is 0 Å². The third-order valence-electron chi connectivity index (χ3n) is 6.40. The number of aryl methyl sites for hydroxylation is 1. The summed E-state index contributed by atoms with van der Waals surface area (Å²) in [6.45, 7) is 3.31. The van der Waals surface area contributed by atoms with Crippen molar-refractivity contribution in [2.75, 3.05) is 0 Å². The summed E-state index contributed by atoms with van der Waals surface area (Å²) < 4.78 is 1.87. The molecule has 4 bridgehead atoms. The lowest BCUT2D eigenvalue weighted by Gasteiger charge is -2.59. The van der Waals surface area contributed by atoms with E-state index in [1.165, 1.54) is 44.2 Å². The van der Waals surface area contributed by atoms with Crippen molar-refractivity contribution in [1.29, 1.82) is 0 Å². The van der Waals surface area contributed by atoms with Gasteiger partial charge in [0, 0.05) is 19.6 Å². The predicted octanol–water partition coefficient (Wildman–Crippen LogP) is 2.51. The average Bonchev–Trinajstić information content (AvgIpc) is 2.80. The molecule has 1 aromatic heterocycles. The Bertz CT molecular complexity index is 457. The highest BCUT2D eigenvalue weighted by Crippen LogP contribution is 2.61. The molecule has 4 aliphatic carbocycles. The minimum atomic E-state index is 0.584. The van der Waals surface area contributed by atoms with Crippen LogP contribution < -0.4 is 5.32 Å². The fourth-order valence-corrected chi connectivity index (χ4v) is 5.65. The van der Waals surface area contributed by atoms with E-state index in [1.54, 1.807) is 0 Å². The van der Waals surface area contributed by atoms with E-state index in [-0.39, 0.29) is 0 Å². The molecule has 4 nitrogen and oxygen atoms in total. The third-order valence-corrected chi connectivity index (χ3v) is 6.40. The van der Waals surface area contributed by atoms with Gasteiger partial charge in [-0.25, -0.2) is 0 Å². The maximum Gasteiger partial charge on any atom is 0.0738 e. The van der Waals surface area contributed by atoms with Crippen LogP contribution in [0.15, 0.2) is 6.20 Å². The van der Waals surface area contributed by atoms with Crippen molar-refractivity contribution in [2.45, 2.75) is 58.0 Å². The molecule has 1 unspecified atom stereocenters. The highest BCUT2D eigenvalue weighted by atomic mass is 15.4. The molecule has 4 fully saturated rings. The lowest BCUT2D eigenvalue weighted by Crippen LogP contribution is -2.54. The van der Waals surface area contributed by atoms with Gasteiger partial charge in [0.05, 0.1) is 11.9 Å². The lowest BCUT2D eigenvalue weighted by atomic mass is 9.48. The Morgan fingerprint density at radius 2 is 1.85 bits per heavy atom. The van der Waals surface area contributed by atoms with Crippen LogP contribution in [0.2, 0.25) is 0 Å². The van der Waals surface area contributed by atoms with Crippen molar-refractivity contribution < 1.29 is 0 Å². The molecule has 0 saturated heterocycles. The van der Waals surface area contributed by atoms with Crippen molar-refractivity contribution in [2.24, 2.45) is 30.2 Å². The maximum atomic E-state index is 4.01. The van der Waals surface area contributed by atoms with Gasteiger partial charge in [-0.05, 0) is 68.6 Å². The van der Waals surface area contributed by atoms with E-state index < -0.39 is 0 Å². The topological polar surface area (TPSA) is 42.7 Å². The molecule has 1 heterocycles. The van der Waals surface area contributed by atoms with Crippen LogP contribution in [0.5, 0.6) is 0 Å². The smallest absolute Gasteiger partial charge is 0.0738 e. The summed E-state index contributed by atoms with van der Waals surface area (Å²) in [5.41, 5.74) is 1.77. The summed E-state index contributed by atoms with van der Waals surface area (Å²) in [6, 6.07) is 0.616. The first-order valence-corrected chi connectivity index (χ1v) is 8.21. The maximum absolute atomic E-state index is 4.01. The summed E-state index contributed by atoms with van der Waals surface area (Å²) in [7, 11) is 1.97. The van der Waals surface area contributed by atoms with Crippen LogP contribution in [0, 0.1) is 23.2 Å². The zero-order valence-electron chi connectivity index (χ0n) is 12.7. The molecule has 0 aliphatic heterocycles. The fraction of sp³-hybridized carbons (Fsp3) is 0.875. The van der Waals surface area contributed by atoms with E-state index in [0.29, 0.717) is 11.5 Å². The average molecular weight is 274 g/mol. The number of hydrogen-bond acceptors (Lipinski definition) is 3. The Hall–Kier alpha value is -0.900. The van der Waals surface area contributed by atoms with Gasteiger partial charge in [-0.2, -0.15) is 0 Å². The minimum absolute atomic E-state index is 0.584. The quantitative estimate of drug-likeness (QED) is 0.917. The second-order valence-corrected chi connectivity index (χ2v) is 7.73. The monoisotopic (exact) mass is 274 g/mol. The molecule has 1 atom stereocenters. The van der Waals surface area contributed by atoms with Crippen LogP contribution in [0.25, 0.3) is 0 Å². The summed E-state index contributed by atoms with van der Waals surface area (Å²) >= 11 is 0. The molecule has 0 amide bonds. The summed E-state index contributed by atoms with van der Waals surface area (Å²) in [5, 5.41) is 11.8. The molecule has 4 aliphatic rings. The van der Waals surface area contributed by atoms with Crippen molar-refractivity contribution in [3.05, 3.63) is 11.9 Å². The van der Waals surface area contributed by atoms with Crippen LogP contribution in [0.3, 0.4) is 0 Å². The Labute approximate surface area is 121 Å². The van der Waals surface area contributed by atoms with Gasteiger partial charge in [-0.3, -0.25) is 4.68 Å². The van der Waals surface area contributed by atoms with Crippen LogP contribution in [-0.4, -0.2) is 21.0 Å². The van der Waals surface area contributed by atoms with Gasteiger partial charge < -0.3 is 5.32 Å². The van der Waals surface area contributed by atoms with Crippen LogP contribution in [0.1, 0.15) is 51.1 Å². The number of hydrogen-bond donors (Lipinski definition) is 1. The molecule has 5 rings (SSSR count).